The van der Waals surface area contributed by atoms with Gasteiger partial charge in [0.2, 0.25) is 5.91 Å². The molecule has 9 heteroatoms. The quantitative estimate of drug-likeness (QED) is 0.190. The van der Waals surface area contributed by atoms with Gasteiger partial charge in [0.15, 0.2) is 0 Å². The van der Waals surface area contributed by atoms with E-state index in [0.717, 1.165) is 23.0 Å². The number of unbranched alkanes of at least 4 members (excludes halogenated alkanes) is 1. The van der Waals surface area contributed by atoms with Gasteiger partial charge in [0.05, 0.1) is 13.2 Å². The summed E-state index contributed by atoms with van der Waals surface area (Å²) in [6.07, 6.45) is 2.20. The van der Waals surface area contributed by atoms with Gasteiger partial charge >= 0.3 is 12.1 Å². The summed E-state index contributed by atoms with van der Waals surface area (Å²) >= 11 is 0. The van der Waals surface area contributed by atoms with Crippen LogP contribution in [0.1, 0.15) is 57.7 Å². The maximum Gasteiger partial charge on any atom is 0.410 e. The van der Waals surface area contributed by atoms with Crippen LogP contribution >= 0.6 is 0 Å². The molecular weight excluding hydrogens is 522 g/mol. The summed E-state index contributed by atoms with van der Waals surface area (Å²) in [5.74, 6) is 0.669. The molecule has 0 spiro atoms. The highest BCUT2D eigenvalue weighted by molar-refractivity contribution is 5.88. The zero-order valence-electron chi connectivity index (χ0n) is 24.6. The SMILES string of the molecule is C=CC(=O)OCCCCOC(=O)N1CCc2cc(Oc3ccccc3)ccc2C1C(=O)NCCN(C(C)C)C(C)C. The van der Waals surface area contributed by atoms with Gasteiger partial charge in [0.25, 0.3) is 0 Å². The third-order valence-corrected chi connectivity index (χ3v) is 6.98. The topological polar surface area (TPSA) is 97.4 Å². The molecule has 1 N–H and O–H groups in total. The number of hydrogen-bond acceptors (Lipinski definition) is 7. The molecule has 0 fully saturated rings. The van der Waals surface area contributed by atoms with E-state index in [0.29, 0.717) is 56.7 Å². The van der Waals surface area contributed by atoms with E-state index in [-0.39, 0.29) is 19.1 Å². The van der Waals surface area contributed by atoms with Crippen molar-refractivity contribution in [3.8, 4) is 11.5 Å². The Morgan fingerprint density at radius 3 is 2.34 bits per heavy atom. The van der Waals surface area contributed by atoms with E-state index in [1.807, 2.05) is 48.5 Å². The molecule has 2 amide bonds. The molecule has 2 aromatic carbocycles. The van der Waals surface area contributed by atoms with Crippen LogP contribution in [0.25, 0.3) is 0 Å². The lowest BCUT2D eigenvalue weighted by Gasteiger charge is -2.36. The molecule has 41 heavy (non-hydrogen) atoms. The molecule has 0 bridgehead atoms. The Bertz CT molecular complexity index is 1160. The smallest absolute Gasteiger partial charge is 0.410 e. The van der Waals surface area contributed by atoms with Crippen molar-refractivity contribution >= 4 is 18.0 Å². The van der Waals surface area contributed by atoms with Crippen molar-refractivity contribution in [2.75, 3.05) is 32.8 Å². The first kappa shape index (κ1) is 31.7. The predicted molar refractivity (Wildman–Crippen MR) is 158 cm³/mol. The summed E-state index contributed by atoms with van der Waals surface area (Å²) in [6.45, 7) is 13.8. The van der Waals surface area contributed by atoms with Crippen LogP contribution in [0.2, 0.25) is 0 Å². The number of para-hydroxylation sites is 1. The lowest BCUT2D eigenvalue weighted by Crippen LogP contribution is -2.49. The summed E-state index contributed by atoms with van der Waals surface area (Å²) in [5.41, 5.74) is 1.71. The zero-order valence-corrected chi connectivity index (χ0v) is 24.6. The largest absolute Gasteiger partial charge is 0.463 e. The maximum absolute atomic E-state index is 13.6. The van der Waals surface area contributed by atoms with Gasteiger partial charge in [-0.3, -0.25) is 14.6 Å². The number of esters is 1. The number of carbonyl (C=O) groups excluding carboxylic acids is 3. The van der Waals surface area contributed by atoms with Crippen LogP contribution in [0.15, 0.2) is 61.2 Å². The number of rotatable bonds is 14. The number of nitrogens with zero attached hydrogens (tertiary/aromatic N) is 2. The Labute approximate surface area is 243 Å². The van der Waals surface area contributed by atoms with Gasteiger partial charge in [0, 0.05) is 37.8 Å². The van der Waals surface area contributed by atoms with Crippen LogP contribution in [-0.2, 0) is 25.5 Å². The van der Waals surface area contributed by atoms with Gasteiger partial charge in [-0.15, -0.1) is 0 Å². The fraction of sp³-hybridized carbons (Fsp3) is 0.469. The Balaban J connectivity index is 1.71. The molecule has 1 atom stereocenters. The van der Waals surface area contributed by atoms with Crippen molar-refractivity contribution < 1.29 is 28.6 Å². The molecule has 3 rings (SSSR count). The highest BCUT2D eigenvalue weighted by Crippen LogP contribution is 2.34. The van der Waals surface area contributed by atoms with E-state index < -0.39 is 18.1 Å². The molecule has 1 aliphatic rings. The average molecular weight is 566 g/mol. The molecule has 0 saturated carbocycles. The molecule has 0 radical (unpaired) electrons. The molecule has 1 heterocycles. The zero-order chi connectivity index (χ0) is 29.8. The summed E-state index contributed by atoms with van der Waals surface area (Å²) in [7, 11) is 0. The fourth-order valence-electron chi connectivity index (χ4n) is 4.97. The van der Waals surface area contributed by atoms with Crippen LogP contribution in [-0.4, -0.2) is 72.7 Å². The van der Waals surface area contributed by atoms with E-state index in [1.165, 1.54) is 4.90 Å². The molecule has 1 unspecified atom stereocenters. The van der Waals surface area contributed by atoms with Gasteiger partial charge in [-0.1, -0.05) is 30.8 Å². The van der Waals surface area contributed by atoms with Crippen LogP contribution in [0.5, 0.6) is 11.5 Å². The Kier molecular flexibility index (Phi) is 12.2. The van der Waals surface area contributed by atoms with E-state index in [9.17, 15) is 14.4 Å². The second-order valence-electron chi connectivity index (χ2n) is 10.5. The van der Waals surface area contributed by atoms with Crippen molar-refractivity contribution in [2.45, 2.75) is 65.1 Å². The van der Waals surface area contributed by atoms with Gasteiger partial charge in [-0.2, -0.15) is 0 Å². The number of fused-ring (bicyclic) bond motifs is 1. The molecule has 1 aliphatic heterocycles. The average Bonchev–Trinajstić information content (AvgIpc) is 2.96. The van der Waals surface area contributed by atoms with Gasteiger partial charge < -0.3 is 19.5 Å². The minimum atomic E-state index is -0.822. The van der Waals surface area contributed by atoms with Crippen LogP contribution < -0.4 is 10.1 Å². The highest BCUT2D eigenvalue weighted by atomic mass is 16.6. The molecule has 9 nitrogen and oxygen atoms in total. The van der Waals surface area contributed by atoms with Gasteiger partial charge in [-0.05, 0) is 82.3 Å². The van der Waals surface area contributed by atoms with Crippen molar-refractivity contribution in [3.63, 3.8) is 0 Å². The highest BCUT2D eigenvalue weighted by Gasteiger charge is 2.37. The van der Waals surface area contributed by atoms with E-state index in [1.54, 1.807) is 0 Å². The first-order valence-electron chi connectivity index (χ1n) is 14.3. The Hall–Kier alpha value is -3.85. The maximum atomic E-state index is 13.6. The Morgan fingerprint density at radius 2 is 1.68 bits per heavy atom. The number of benzene rings is 2. The van der Waals surface area contributed by atoms with Crippen LogP contribution in [0, 0.1) is 0 Å². The molecular formula is C32H43N3O6. The van der Waals surface area contributed by atoms with E-state index in [4.69, 9.17) is 14.2 Å². The predicted octanol–water partition coefficient (Wildman–Crippen LogP) is 5.26. The normalized spacial score (nSPS) is 14.5. The minimum absolute atomic E-state index is 0.157. The third kappa shape index (κ3) is 9.35. The molecule has 222 valence electrons. The fourth-order valence-corrected chi connectivity index (χ4v) is 4.97. The standard InChI is InChI=1S/C32H43N3O6/c1-6-29(36)39-20-10-11-21-40-32(38)35-18-16-25-22-27(41-26-12-8-7-9-13-26)14-15-28(25)30(35)31(37)33-17-19-34(23(2)3)24(4)5/h6-9,12-15,22-24,30H,1,10-11,16-21H2,2-5H3,(H,33,37). The molecule has 0 aliphatic carbocycles. The van der Waals surface area contributed by atoms with Crippen molar-refractivity contribution in [2.24, 2.45) is 0 Å². The van der Waals surface area contributed by atoms with Crippen LogP contribution in [0.3, 0.4) is 0 Å². The summed E-state index contributed by atoms with van der Waals surface area (Å²) in [4.78, 5) is 41.8. The number of nitrogens with one attached hydrogen (secondary N) is 1. The second-order valence-corrected chi connectivity index (χ2v) is 10.5. The number of carbonyl (C=O) groups is 3. The molecule has 2 aromatic rings. The van der Waals surface area contributed by atoms with E-state index in [2.05, 4.69) is 44.5 Å². The monoisotopic (exact) mass is 565 g/mol. The third-order valence-electron chi connectivity index (χ3n) is 6.98. The number of amides is 2. The summed E-state index contributed by atoms with van der Waals surface area (Å²) < 4.78 is 16.5. The lowest BCUT2D eigenvalue weighted by molar-refractivity contribution is -0.137. The first-order chi connectivity index (χ1) is 19.7. The van der Waals surface area contributed by atoms with Crippen molar-refractivity contribution in [1.29, 1.82) is 0 Å². The van der Waals surface area contributed by atoms with Gasteiger partial charge in [0.1, 0.15) is 17.5 Å². The summed E-state index contributed by atoms with van der Waals surface area (Å²) in [6, 6.07) is 15.0. The van der Waals surface area contributed by atoms with Crippen LogP contribution in [0.4, 0.5) is 4.79 Å². The first-order valence-corrected chi connectivity index (χ1v) is 14.3. The van der Waals surface area contributed by atoms with Gasteiger partial charge in [-0.25, -0.2) is 9.59 Å². The molecule has 0 aromatic heterocycles. The number of hydrogen-bond donors (Lipinski definition) is 1. The second kappa shape index (κ2) is 15.8. The minimum Gasteiger partial charge on any atom is -0.463 e. The van der Waals surface area contributed by atoms with Crippen molar-refractivity contribution in [1.82, 2.24) is 15.1 Å². The van der Waals surface area contributed by atoms with E-state index >= 15 is 0 Å². The summed E-state index contributed by atoms with van der Waals surface area (Å²) in [5, 5.41) is 3.06. The Morgan fingerprint density at radius 1 is 1.00 bits per heavy atom. The number of ether oxygens (including phenoxy) is 3. The molecule has 0 saturated heterocycles. The lowest BCUT2D eigenvalue weighted by atomic mass is 9.92. The van der Waals surface area contributed by atoms with Crippen molar-refractivity contribution in [3.05, 3.63) is 72.3 Å².